The third-order valence-corrected chi connectivity index (χ3v) is 2.47. The molecule has 0 saturated carbocycles. The van der Waals surface area contributed by atoms with Gasteiger partial charge in [0.25, 0.3) is 0 Å². The van der Waals surface area contributed by atoms with Crippen molar-refractivity contribution >= 4 is 5.91 Å². The largest absolute Gasteiger partial charge is 0.396 e. The molecule has 4 heteroatoms. The number of nitrogens with zero attached hydrogens (tertiary/aromatic N) is 1. The first-order valence-electron chi connectivity index (χ1n) is 5.58. The van der Waals surface area contributed by atoms with Gasteiger partial charge in [-0.25, -0.2) is 0 Å². The Kier molecular flexibility index (Phi) is 6.52. The molecule has 0 aliphatic carbocycles. The van der Waals surface area contributed by atoms with Gasteiger partial charge in [-0.3, -0.25) is 4.79 Å². The minimum absolute atomic E-state index is 0.0200. The van der Waals surface area contributed by atoms with Crippen LogP contribution in [0.4, 0.5) is 0 Å². The number of amides is 1. The van der Waals surface area contributed by atoms with E-state index >= 15 is 0 Å². The number of rotatable bonds is 6. The Morgan fingerprint density at radius 1 is 1.33 bits per heavy atom. The normalized spacial score (nSPS) is 13.3. The first-order chi connectivity index (χ1) is 6.91. The molecule has 0 aliphatic rings. The number of hydrogen-bond donors (Lipinski definition) is 2. The van der Waals surface area contributed by atoms with Crippen molar-refractivity contribution in [2.75, 3.05) is 13.2 Å². The summed E-state index contributed by atoms with van der Waals surface area (Å²) in [7, 11) is 0. The molecule has 0 aromatic carbocycles. The Balaban J connectivity index is 4.41. The highest BCUT2D eigenvalue weighted by molar-refractivity contribution is 5.82. The van der Waals surface area contributed by atoms with Crippen molar-refractivity contribution in [2.45, 2.75) is 46.2 Å². The summed E-state index contributed by atoms with van der Waals surface area (Å²) >= 11 is 0. The van der Waals surface area contributed by atoms with Gasteiger partial charge in [-0.2, -0.15) is 0 Å². The molecule has 0 heterocycles. The van der Waals surface area contributed by atoms with Crippen LogP contribution in [0.25, 0.3) is 0 Å². The Hall–Kier alpha value is -0.610. The van der Waals surface area contributed by atoms with Crippen LogP contribution in [-0.2, 0) is 4.79 Å². The van der Waals surface area contributed by atoms with E-state index in [-0.39, 0.29) is 24.5 Å². The third kappa shape index (κ3) is 4.62. The molecule has 0 saturated heterocycles. The van der Waals surface area contributed by atoms with E-state index in [1.807, 2.05) is 27.7 Å². The number of hydrogen-bond acceptors (Lipinski definition) is 3. The molecular formula is C11H24N2O2. The van der Waals surface area contributed by atoms with E-state index in [0.717, 1.165) is 0 Å². The molecule has 15 heavy (non-hydrogen) atoms. The Bertz CT molecular complexity index is 193. The minimum atomic E-state index is -0.439. The summed E-state index contributed by atoms with van der Waals surface area (Å²) in [6.07, 6.45) is 0.606. The highest BCUT2D eigenvalue weighted by atomic mass is 16.3. The van der Waals surface area contributed by atoms with Crippen molar-refractivity contribution in [3.8, 4) is 0 Å². The predicted octanol–water partition coefficient (Wildman–Crippen LogP) is 0.589. The molecule has 1 atom stereocenters. The summed E-state index contributed by atoms with van der Waals surface area (Å²) in [6, 6.07) is -0.306. The first kappa shape index (κ1) is 14.4. The van der Waals surface area contributed by atoms with Crippen molar-refractivity contribution in [3.05, 3.63) is 0 Å². The van der Waals surface area contributed by atoms with Gasteiger partial charge in [0.05, 0.1) is 6.04 Å². The summed E-state index contributed by atoms with van der Waals surface area (Å²) in [5, 5.41) is 8.76. The fourth-order valence-corrected chi connectivity index (χ4v) is 1.34. The molecule has 1 unspecified atom stereocenters. The monoisotopic (exact) mass is 216 g/mol. The Morgan fingerprint density at radius 2 is 1.87 bits per heavy atom. The van der Waals surface area contributed by atoms with Crippen molar-refractivity contribution in [2.24, 2.45) is 11.7 Å². The van der Waals surface area contributed by atoms with Gasteiger partial charge in [-0.15, -0.1) is 0 Å². The zero-order chi connectivity index (χ0) is 12.0. The lowest BCUT2D eigenvalue weighted by Gasteiger charge is -2.30. The average Bonchev–Trinajstić information content (AvgIpc) is 2.16. The Morgan fingerprint density at radius 3 is 2.20 bits per heavy atom. The van der Waals surface area contributed by atoms with Gasteiger partial charge in [-0.1, -0.05) is 13.8 Å². The van der Waals surface area contributed by atoms with Crippen molar-refractivity contribution < 1.29 is 9.90 Å². The molecule has 0 rings (SSSR count). The zero-order valence-electron chi connectivity index (χ0n) is 10.2. The summed E-state index contributed by atoms with van der Waals surface area (Å²) < 4.78 is 0. The van der Waals surface area contributed by atoms with Crippen LogP contribution in [0, 0.1) is 5.92 Å². The minimum Gasteiger partial charge on any atom is -0.396 e. The van der Waals surface area contributed by atoms with E-state index in [0.29, 0.717) is 13.0 Å². The SMILES string of the molecule is CC(C)C(N)C(=O)N(CCCO)C(C)C. The summed E-state index contributed by atoms with van der Waals surface area (Å²) in [5.74, 6) is 0.126. The molecule has 0 bridgehead atoms. The highest BCUT2D eigenvalue weighted by Crippen LogP contribution is 2.07. The number of aliphatic hydroxyl groups is 1. The standard InChI is InChI=1S/C11H24N2O2/c1-8(2)10(12)11(15)13(9(3)4)6-5-7-14/h8-10,14H,5-7,12H2,1-4H3. The number of aliphatic hydroxyl groups excluding tert-OH is 1. The van der Waals surface area contributed by atoms with Crippen LogP contribution in [0.3, 0.4) is 0 Å². The van der Waals surface area contributed by atoms with Crippen LogP contribution in [0.2, 0.25) is 0 Å². The summed E-state index contributed by atoms with van der Waals surface area (Å²) in [6.45, 7) is 8.48. The lowest BCUT2D eigenvalue weighted by molar-refractivity contribution is -0.135. The van der Waals surface area contributed by atoms with E-state index in [4.69, 9.17) is 10.8 Å². The second kappa shape index (κ2) is 6.80. The fourth-order valence-electron chi connectivity index (χ4n) is 1.34. The molecule has 0 aromatic rings. The zero-order valence-corrected chi connectivity index (χ0v) is 10.2. The topological polar surface area (TPSA) is 66.6 Å². The van der Waals surface area contributed by atoms with E-state index in [9.17, 15) is 4.79 Å². The summed E-state index contributed by atoms with van der Waals surface area (Å²) in [5.41, 5.74) is 5.82. The molecule has 0 aromatic heterocycles. The lowest BCUT2D eigenvalue weighted by atomic mass is 10.0. The molecule has 3 N–H and O–H groups in total. The fraction of sp³-hybridized carbons (Fsp3) is 0.909. The van der Waals surface area contributed by atoms with E-state index in [1.54, 1.807) is 4.90 Å². The van der Waals surface area contributed by atoms with Gasteiger partial charge in [0.2, 0.25) is 5.91 Å². The van der Waals surface area contributed by atoms with E-state index in [2.05, 4.69) is 0 Å². The number of nitrogens with two attached hydrogens (primary N) is 1. The van der Waals surface area contributed by atoms with Gasteiger partial charge in [0.1, 0.15) is 0 Å². The molecular weight excluding hydrogens is 192 g/mol. The molecule has 0 spiro atoms. The quantitative estimate of drug-likeness (QED) is 0.683. The van der Waals surface area contributed by atoms with Crippen LogP contribution >= 0.6 is 0 Å². The van der Waals surface area contributed by atoms with Gasteiger partial charge in [-0.05, 0) is 26.2 Å². The van der Waals surface area contributed by atoms with Crippen molar-refractivity contribution in [3.63, 3.8) is 0 Å². The van der Waals surface area contributed by atoms with Crippen LogP contribution in [0.5, 0.6) is 0 Å². The third-order valence-electron chi connectivity index (χ3n) is 2.47. The predicted molar refractivity (Wildman–Crippen MR) is 61.4 cm³/mol. The van der Waals surface area contributed by atoms with Gasteiger partial charge < -0.3 is 15.7 Å². The Labute approximate surface area is 92.4 Å². The van der Waals surface area contributed by atoms with Crippen molar-refractivity contribution in [1.29, 1.82) is 0 Å². The summed E-state index contributed by atoms with van der Waals surface area (Å²) in [4.78, 5) is 13.7. The van der Waals surface area contributed by atoms with Crippen LogP contribution in [-0.4, -0.2) is 41.1 Å². The second-order valence-corrected chi connectivity index (χ2v) is 4.47. The van der Waals surface area contributed by atoms with Gasteiger partial charge >= 0.3 is 0 Å². The van der Waals surface area contributed by atoms with Gasteiger partial charge in [0.15, 0.2) is 0 Å². The van der Waals surface area contributed by atoms with Crippen LogP contribution < -0.4 is 5.73 Å². The van der Waals surface area contributed by atoms with Crippen LogP contribution in [0.1, 0.15) is 34.1 Å². The highest BCUT2D eigenvalue weighted by Gasteiger charge is 2.24. The molecule has 0 aliphatic heterocycles. The maximum absolute atomic E-state index is 12.0. The molecule has 4 nitrogen and oxygen atoms in total. The molecule has 0 fully saturated rings. The first-order valence-corrected chi connectivity index (χ1v) is 5.58. The van der Waals surface area contributed by atoms with Crippen molar-refractivity contribution in [1.82, 2.24) is 4.90 Å². The van der Waals surface area contributed by atoms with E-state index in [1.165, 1.54) is 0 Å². The smallest absolute Gasteiger partial charge is 0.239 e. The maximum atomic E-state index is 12.0. The number of carbonyl (C=O) groups excluding carboxylic acids is 1. The maximum Gasteiger partial charge on any atom is 0.239 e. The van der Waals surface area contributed by atoms with E-state index < -0.39 is 6.04 Å². The second-order valence-electron chi connectivity index (χ2n) is 4.47. The molecule has 1 amide bonds. The molecule has 90 valence electrons. The molecule has 0 radical (unpaired) electrons. The van der Waals surface area contributed by atoms with Crippen LogP contribution in [0.15, 0.2) is 0 Å². The lowest BCUT2D eigenvalue weighted by Crippen LogP contribution is -2.49. The number of carbonyl (C=O) groups is 1. The average molecular weight is 216 g/mol. The van der Waals surface area contributed by atoms with Gasteiger partial charge in [0, 0.05) is 19.2 Å².